The van der Waals surface area contributed by atoms with Crippen LogP contribution in [-0.2, 0) is 14.3 Å². The average molecular weight is 535 g/mol. The molecule has 39 heavy (non-hydrogen) atoms. The van der Waals surface area contributed by atoms with Crippen molar-refractivity contribution in [3.8, 4) is 11.5 Å². The van der Waals surface area contributed by atoms with Gasteiger partial charge in [0.1, 0.15) is 0 Å². The molecule has 1 N–H and O–H groups in total. The lowest BCUT2D eigenvalue weighted by Gasteiger charge is -2.36. The molecule has 0 radical (unpaired) electrons. The van der Waals surface area contributed by atoms with Crippen molar-refractivity contribution in [2.75, 3.05) is 20.8 Å². The van der Waals surface area contributed by atoms with Gasteiger partial charge in [0, 0.05) is 40.9 Å². The molecule has 1 aliphatic carbocycles. The Balaban J connectivity index is 1.79. The molecule has 4 rings (SSSR count). The van der Waals surface area contributed by atoms with Gasteiger partial charge in [0.05, 0.1) is 31.3 Å². The molecule has 0 saturated carbocycles. The van der Waals surface area contributed by atoms with E-state index < -0.39 is 16.8 Å². The van der Waals surface area contributed by atoms with Crippen molar-refractivity contribution >= 4 is 17.4 Å². The molecule has 2 aromatic rings. The van der Waals surface area contributed by atoms with Crippen LogP contribution in [0.4, 0.5) is 5.69 Å². The maximum atomic E-state index is 13.8. The van der Waals surface area contributed by atoms with Crippen molar-refractivity contribution in [1.82, 2.24) is 5.32 Å². The minimum absolute atomic E-state index is 0.0593. The van der Waals surface area contributed by atoms with Gasteiger partial charge in [0.15, 0.2) is 17.3 Å². The number of benzene rings is 2. The van der Waals surface area contributed by atoms with Crippen LogP contribution in [0.2, 0.25) is 0 Å². The number of nitro benzene ring substituents is 1. The van der Waals surface area contributed by atoms with E-state index in [2.05, 4.69) is 5.32 Å². The van der Waals surface area contributed by atoms with Crippen molar-refractivity contribution < 1.29 is 28.7 Å². The van der Waals surface area contributed by atoms with Gasteiger partial charge in [0.2, 0.25) is 0 Å². The number of carbonyl (C=O) groups is 2. The SMILES string of the molecule is CCCCOC(=O)C1=C(C)NC2=C(C(=O)C[C@@H](c3ccc(OC)c(OC)c3)C2)[C@@H]1c1ccc(C)c([N+](=O)[O-])c1. The van der Waals surface area contributed by atoms with Crippen molar-refractivity contribution in [2.45, 2.75) is 58.3 Å². The summed E-state index contributed by atoms with van der Waals surface area (Å²) in [5, 5.41) is 15.1. The molecule has 0 fully saturated rings. The highest BCUT2D eigenvalue weighted by atomic mass is 16.6. The first-order chi connectivity index (χ1) is 18.7. The number of hydrogen-bond donors (Lipinski definition) is 1. The summed E-state index contributed by atoms with van der Waals surface area (Å²) in [6.45, 7) is 5.70. The number of aryl methyl sites for hydroxylation is 1. The minimum atomic E-state index is -0.770. The summed E-state index contributed by atoms with van der Waals surface area (Å²) >= 11 is 0. The van der Waals surface area contributed by atoms with Crippen LogP contribution in [0.3, 0.4) is 0 Å². The Morgan fingerprint density at radius 2 is 1.77 bits per heavy atom. The molecule has 2 aromatic carbocycles. The van der Waals surface area contributed by atoms with Gasteiger partial charge in [-0.25, -0.2) is 4.79 Å². The van der Waals surface area contributed by atoms with E-state index in [-0.39, 0.29) is 30.4 Å². The number of unbranched alkanes of at least 4 members (excludes halogenated alkanes) is 1. The molecule has 1 heterocycles. The number of hydrogen-bond acceptors (Lipinski definition) is 8. The van der Waals surface area contributed by atoms with E-state index in [9.17, 15) is 19.7 Å². The van der Waals surface area contributed by atoms with Crippen LogP contribution in [0.25, 0.3) is 0 Å². The second kappa shape index (κ2) is 11.7. The van der Waals surface area contributed by atoms with Gasteiger partial charge in [-0.3, -0.25) is 14.9 Å². The van der Waals surface area contributed by atoms with E-state index in [0.717, 1.165) is 12.0 Å². The van der Waals surface area contributed by atoms with Crippen LogP contribution in [0.5, 0.6) is 11.5 Å². The van der Waals surface area contributed by atoms with Crippen LogP contribution in [-0.4, -0.2) is 37.5 Å². The number of nitro groups is 1. The molecule has 0 amide bonds. The summed E-state index contributed by atoms with van der Waals surface area (Å²) in [6.07, 6.45) is 2.32. The molecule has 1 aliphatic heterocycles. The fraction of sp³-hybridized carbons (Fsp3) is 0.400. The summed E-state index contributed by atoms with van der Waals surface area (Å²) in [5.74, 6) is -0.357. The van der Waals surface area contributed by atoms with Crippen LogP contribution in [0.1, 0.15) is 68.1 Å². The summed E-state index contributed by atoms with van der Waals surface area (Å²) in [5.41, 5.74) is 3.94. The first kappa shape index (κ1) is 27.9. The van der Waals surface area contributed by atoms with Gasteiger partial charge < -0.3 is 19.5 Å². The van der Waals surface area contributed by atoms with E-state index in [1.165, 1.54) is 6.07 Å². The predicted molar refractivity (Wildman–Crippen MR) is 146 cm³/mol. The Morgan fingerprint density at radius 1 is 1.05 bits per heavy atom. The highest BCUT2D eigenvalue weighted by Gasteiger charge is 2.42. The van der Waals surface area contributed by atoms with E-state index >= 15 is 0 Å². The lowest BCUT2D eigenvalue weighted by atomic mass is 9.71. The van der Waals surface area contributed by atoms with Crippen molar-refractivity contribution in [3.05, 3.63) is 85.7 Å². The zero-order valence-corrected chi connectivity index (χ0v) is 23.0. The summed E-state index contributed by atoms with van der Waals surface area (Å²) < 4.78 is 16.4. The number of carbonyl (C=O) groups excluding carboxylic acids is 2. The van der Waals surface area contributed by atoms with Crippen LogP contribution in [0, 0.1) is 17.0 Å². The van der Waals surface area contributed by atoms with Gasteiger partial charge in [-0.1, -0.05) is 31.5 Å². The van der Waals surface area contributed by atoms with E-state index in [1.54, 1.807) is 40.2 Å². The Labute approximate surface area is 228 Å². The van der Waals surface area contributed by atoms with Gasteiger partial charge in [-0.05, 0) is 55.9 Å². The lowest BCUT2D eigenvalue weighted by molar-refractivity contribution is -0.385. The lowest BCUT2D eigenvalue weighted by Crippen LogP contribution is -2.36. The standard InChI is InChI=1S/C30H34N2O7/c1-6-7-12-39-30(34)27-18(3)31-22-13-21(19-10-11-25(37-4)26(16-19)38-5)15-24(33)29(22)28(27)20-9-8-17(2)23(14-20)32(35)36/h8-11,14,16,21,28,31H,6-7,12-13,15H2,1-5H3/t21-,28+/m0/s1. The molecule has 2 aliphatic rings. The monoisotopic (exact) mass is 534 g/mol. The van der Waals surface area contributed by atoms with Crippen molar-refractivity contribution in [2.24, 2.45) is 0 Å². The molecule has 9 heteroatoms. The van der Waals surface area contributed by atoms with Crippen LogP contribution in [0.15, 0.2) is 58.9 Å². The number of nitrogens with one attached hydrogen (secondary N) is 1. The van der Waals surface area contributed by atoms with Gasteiger partial charge in [0.25, 0.3) is 5.69 Å². The number of methoxy groups -OCH3 is 2. The molecule has 0 aromatic heterocycles. The maximum absolute atomic E-state index is 13.8. The largest absolute Gasteiger partial charge is 0.493 e. The van der Waals surface area contributed by atoms with Gasteiger partial charge in [-0.15, -0.1) is 0 Å². The number of nitrogens with zero attached hydrogens (tertiary/aromatic N) is 1. The topological polar surface area (TPSA) is 117 Å². The van der Waals surface area contributed by atoms with E-state index in [4.69, 9.17) is 14.2 Å². The molecular formula is C30H34N2O7. The van der Waals surface area contributed by atoms with Crippen LogP contribution >= 0.6 is 0 Å². The number of allylic oxidation sites excluding steroid dienone is 3. The highest BCUT2D eigenvalue weighted by molar-refractivity contribution is 6.04. The number of ether oxygens (including phenoxy) is 3. The number of rotatable bonds is 9. The van der Waals surface area contributed by atoms with Crippen LogP contribution < -0.4 is 14.8 Å². The molecule has 0 bridgehead atoms. The first-order valence-corrected chi connectivity index (χ1v) is 13.1. The third kappa shape index (κ3) is 5.53. The third-order valence-corrected chi connectivity index (χ3v) is 7.42. The molecule has 0 spiro atoms. The molecule has 0 unspecified atom stereocenters. The summed E-state index contributed by atoms with van der Waals surface area (Å²) in [7, 11) is 3.14. The minimum Gasteiger partial charge on any atom is -0.493 e. The summed E-state index contributed by atoms with van der Waals surface area (Å²) in [4.78, 5) is 38.5. The number of Topliss-reactive ketones (excluding diaryl/α,β-unsaturated/α-hetero) is 1. The van der Waals surface area contributed by atoms with Crippen molar-refractivity contribution in [3.63, 3.8) is 0 Å². The molecule has 206 valence electrons. The van der Waals surface area contributed by atoms with Crippen molar-refractivity contribution in [1.29, 1.82) is 0 Å². The average Bonchev–Trinajstić information content (AvgIpc) is 2.91. The normalized spacial score (nSPS) is 18.8. The Bertz CT molecular complexity index is 1380. The molecular weight excluding hydrogens is 500 g/mol. The third-order valence-electron chi connectivity index (χ3n) is 7.42. The van der Waals surface area contributed by atoms with Gasteiger partial charge >= 0.3 is 5.97 Å². The second-order valence-corrected chi connectivity index (χ2v) is 9.92. The Hall–Kier alpha value is -4.14. The molecule has 2 atom stereocenters. The fourth-order valence-electron chi connectivity index (χ4n) is 5.38. The molecule has 9 nitrogen and oxygen atoms in total. The Morgan fingerprint density at radius 3 is 2.44 bits per heavy atom. The smallest absolute Gasteiger partial charge is 0.336 e. The second-order valence-electron chi connectivity index (χ2n) is 9.92. The number of esters is 1. The highest BCUT2D eigenvalue weighted by Crippen LogP contribution is 2.47. The number of ketones is 1. The number of dihydropyridines is 1. The zero-order valence-electron chi connectivity index (χ0n) is 23.0. The quantitative estimate of drug-likeness (QED) is 0.191. The zero-order chi connectivity index (χ0) is 28.3. The molecule has 0 saturated heterocycles. The summed E-state index contributed by atoms with van der Waals surface area (Å²) in [6, 6.07) is 10.5. The van der Waals surface area contributed by atoms with E-state index in [1.807, 2.05) is 25.1 Å². The maximum Gasteiger partial charge on any atom is 0.336 e. The van der Waals surface area contributed by atoms with E-state index in [0.29, 0.717) is 58.0 Å². The fourth-order valence-corrected chi connectivity index (χ4v) is 5.38. The Kier molecular flexibility index (Phi) is 8.38. The van der Waals surface area contributed by atoms with Gasteiger partial charge in [-0.2, -0.15) is 0 Å². The predicted octanol–water partition coefficient (Wildman–Crippen LogP) is 5.63. The first-order valence-electron chi connectivity index (χ1n) is 13.1.